The van der Waals surface area contributed by atoms with Crippen LogP contribution in [0.3, 0.4) is 0 Å². The molecule has 1 aromatic heterocycles. The fourth-order valence-electron chi connectivity index (χ4n) is 1.34. The Balaban J connectivity index is 2.02. The Labute approximate surface area is 102 Å². The van der Waals surface area contributed by atoms with Crippen LogP contribution in [-0.4, -0.2) is 34.2 Å². The number of ether oxygens (including phenoxy) is 1. The van der Waals surface area contributed by atoms with Crippen LogP contribution in [0.4, 0.5) is 0 Å². The third kappa shape index (κ3) is 6.73. The predicted molar refractivity (Wildman–Crippen MR) is 65.6 cm³/mol. The summed E-state index contributed by atoms with van der Waals surface area (Å²) in [5.74, 6) is -0.160. The van der Waals surface area contributed by atoms with E-state index >= 15 is 0 Å². The first kappa shape index (κ1) is 13.7. The summed E-state index contributed by atoms with van der Waals surface area (Å²) in [5.41, 5.74) is -0.395. The molecule has 0 radical (unpaired) electrons. The molecule has 5 heteroatoms. The highest BCUT2D eigenvalue weighted by Gasteiger charge is 2.15. The first-order valence-electron chi connectivity index (χ1n) is 5.86. The highest BCUT2D eigenvalue weighted by molar-refractivity contribution is 5.70. The number of aromatic nitrogens is 2. The van der Waals surface area contributed by atoms with E-state index in [0.29, 0.717) is 13.0 Å². The molecule has 0 amide bonds. The molecule has 0 unspecified atom stereocenters. The van der Waals surface area contributed by atoms with Crippen LogP contribution < -0.4 is 5.32 Å². The summed E-state index contributed by atoms with van der Waals surface area (Å²) in [4.78, 5) is 15.3. The van der Waals surface area contributed by atoms with Gasteiger partial charge in [-0.3, -0.25) is 4.79 Å². The average Bonchev–Trinajstić information content (AvgIpc) is 2.67. The molecule has 0 saturated heterocycles. The Kier molecular flexibility index (Phi) is 5.15. The molecule has 1 heterocycles. The topological polar surface area (TPSA) is 56.1 Å². The van der Waals surface area contributed by atoms with Gasteiger partial charge in [-0.15, -0.1) is 0 Å². The minimum atomic E-state index is -0.395. The maximum atomic E-state index is 11.4. The number of hydrogen-bond donors (Lipinski definition) is 1. The van der Waals surface area contributed by atoms with Gasteiger partial charge >= 0.3 is 5.97 Å². The quantitative estimate of drug-likeness (QED) is 0.599. The third-order valence-corrected chi connectivity index (χ3v) is 2.03. The van der Waals surface area contributed by atoms with Crippen molar-refractivity contribution in [2.24, 2.45) is 0 Å². The standard InChI is InChI=1S/C12H21N3O2/c1-12(2,3)17-11(16)4-5-13-6-8-15-9-7-14-10-15/h7,9-10,13H,4-6,8H2,1-3H3. The molecule has 0 aliphatic rings. The molecule has 0 aromatic carbocycles. The van der Waals surface area contributed by atoms with Gasteiger partial charge in [0.05, 0.1) is 12.7 Å². The number of nitrogens with zero attached hydrogens (tertiary/aromatic N) is 2. The number of rotatable bonds is 6. The van der Waals surface area contributed by atoms with Gasteiger partial charge in [-0.05, 0) is 20.8 Å². The Morgan fingerprint density at radius 3 is 2.76 bits per heavy atom. The molecule has 5 nitrogen and oxygen atoms in total. The van der Waals surface area contributed by atoms with Crippen molar-refractivity contribution in [3.05, 3.63) is 18.7 Å². The van der Waals surface area contributed by atoms with Crippen molar-refractivity contribution >= 4 is 5.97 Å². The monoisotopic (exact) mass is 239 g/mol. The molecule has 17 heavy (non-hydrogen) atoms. The van der Waals surface area contributed by atoms with Crippen LogP contribution in [0.1, 0.15) is 27.2 Å². The molecular weight excluding hydrogens is 218 g/mol. The minimum Gasteiger partial charge on any atom is -0.460 e. The van der Waals surface area contributed by atoms with Gasteiger partial charge < -0.3 is 14.6 Å². The van der Waals surface area contributed by atoms with Crippen LogP contribution in [0.25, 0.3) is 0 Å². The summed E-state index contributed by atoms with van der Waals surface area (Å²) >= 11 is 0. The predicted octanol–water partition coefficient (Wildman–Crippen LogP) is 1.20. The van der Waals surface area contributed by atoms with Crippen LogP contribution in [0.2, 0.25) is 0 Å². The maximum absolute atomic E-state index is 11.4. The fourth-order valence-corrected chi connectivity index (χ4v) is 1.34. The van der Waals surface area contributed by atoms with Gasteiger partial charge in [0.25, 0.3) is 0 Å². The Morgan fingerprint density at radius 2 is 2.18 bits per heavy atom. The molecule has 0 atom stereocenters. The average molecular weight is 239 g/mol. The Hall–Kier alpha value is -1.36. The van der Waals surface area contributed by atoms with Crippen molar-refractivity contribution in [2.75, 3.05) is 13.1 Å². The van der Waals surface area contributed by atoms with Crippen molar-refractivity contribution in [2.45, 2.75) is 39.3 Å². The molecule has 0 aliphatic carbocycles. The van der Waals surface area contributed by atoms with E-state index in [1.807, 2.05) is 31.5 Å². The summed E-state index contributed by atoms with van der Waals surface area (Å²) in [5, 5.41) is 3.19. The molecule has 0 fully saturated rings. The van der Waals surface area contributed by atoms with Gasteiger partial charge in [0.2, 0.25) is 0 Å². The third-order valence-electron chi connectivity index (χ3n) is 2.03. The number of esters is 1. The van der Waals surface area contributed by atoms with Crippen molar-refractivity contribution < 1.29 is 9.53 Å². The number of imidazole rings is 1. The minimum absolute atomic E-state index is 0.160. The van der Waals surface area contributed by atoms with Gasteiger partial charge in [0.15, 0.2) is 0 Å². The molecule has 0 aliphatic heterocycles. The molecule has 1 N–H and O–H groups in total. The van der Waals surface area contributed by atoms with Crippen LogP contribution >= 0.6 is 0 Å². The van der Waals surface area contributed by atoms with Crippen molar-refractivity contribution in [1.82, 2.24) is 14.9 Å². The van der Waals surface area contributed by atoms with E-state index in [2.05, 4.69) is 10.3 Å². The molecule has 96 valence electrons. The van der Waals surface area contributed by atoms with Crippen LogP contribution in [-0.2, 0) is 16.1 Å². The highest BCUT2D eigenvalue weighted by atomic mass is 16.6. The summed E-state index contributed by atoms with van der Waals surface area (Å²) < 4.78 is 7.18. The number of hydrogen-bond acceptors (Lipinski definition) is 4. The van der Waals surface area contributed by atoms with Crippen molar-refractivity contribution in [1.29, 1.82) is 0 Å². The van der Waals surface area contributed by atoms with Crippen LogP contribution in [0.5, 0.6) is 0 Å². The Bertz CT molecular complexity index is 328. The van der Waals surface area contributed by atoms with E-state index in [4.69, 9.17) is 4.74 Å². The molecule has 1 rings (SSSR count). The zero-order valence-corrected chi connectivity index (χ0v) is 10.8. The lowest BCUT2D eigenvalue weighted by atomic mass is 10.2. The second-order valence-corrected chi connectivity index (χ2v) is 4.89. The molecular formula is C12H21N3O2. The lowest BCUT2D eigenvalue weighted by Crippen LogP contribution is -2.27. The van der Waals surface area contributed by atoms with E-state index in [1.165, 1.54) is 0 Å². The molecule has 0 spiro atoms. The first-order valence-corrected chi connectivity index (χ1v) is 5.86. The highest BCUT2D eigenvalue weighted by Crippen LogP contribution is 2.07. The number of carbonyl (C=O) groups excluding carboxylic acids is 1. The zero-order valence-electron chi connectivity index (χ0n) is 10.8. The van der Waals surface area contributed by atoms with E-state index in [0.717, 1.165) is 13.1 Å². The van der Waals surface area contributed by atoms with Gasteiger partial charge in [0.1, 0.15) is 5.60 Å². The van der Waals surface area contributed by atoms with Gasteiger partial charge in [-0.1, -0.05) is 0 Å². The van der Waals surface area contributed by atoms with E-state index in [1.54, 1.807) is 12.5 Å². The Morgan fingerprint density at radius 1 is 1.41 bits per heavy atom. The summed E-state index contributed by atoms with van der Waals surface area (Å²) in [7, 11) is 0. The van der Waals surface area contributed by atoms with Crippen LogP contribution in [0.15, 0.2) is 18.7 Å². The van der Waals surface area contributed by atoms with Crippen molar-refractivity contribution in [3.63, 3.8) is 0 Å². The smallest absolute Gasteiger partial charge is 0.307 e. The van der Waals surface area contributed by atoms with Gasteiger partial charge in [-0.25, -0.2) is 4.98 Å². The zero-order chi connectivity index (χ0) is 12.7. The summed E-state index contributed by atoms with van der Waals surface area (Å²) in [6, 6.07) is 0. The molecule has 0 bridgehead atoms. The lowest BCUT2D eigenvalue weighted by molar-refractivity contribution is -0.154. The largest absolute Gasteiger partial charge is 0.460 e. The van der Waals surface area contributed by atoms with Crippen molar-refractivity contribution in [3.8, 4) is 0 Å². The summed E-state index contributed by atoms with van der Waals surface area (Å²) in [6.07, 6.45) is 5.84. The second-order valence-electron chi connectivity index (χ2n) is 4.89. The molecule has 1 aromatic rings. The number of carbonyl (C=O) groups is 1. The van der Waals surface area contributed by atoms with E-state index < -0.39 is 5.60 Å². The SMILES string of the molecule is CC(C)(C)OC(=O)CCNCCn1ccnc1. The summed E-state index contributed by atoms with van der Waals surface area (Å²) in [6.45, 7) is 7.93. The fraction of sp³-hybridized carbons (Fsp3) is 0.667. The maximum Gasteiger partial charge on any atom is 0.307 e. The normalized spacial score (nSPS) is 11.5. The van der Waals surface area contributed by atoms with Gasteiger partial charge in [0, 0.05) is 32.0 Å². The first-order chi connectivity index (χ1) is 7.97. The second kappa shape index (κ2) is 6.39. The van der Waals surface area contributed by atoms with E-state index in [9.17, 15) is 4.79 Å². The van der Waals surface area contributed by atoms with Crippen LogP contribution in [0, 0.1) is 0 Å². The van der Waals surface area contributed by atoms with Gasteiger partial charge in [-0.2, -0.15) is 0 Å². The number of nitrogens with one attached hydrogen (secondary N) is 1. The molecule has 0 saturated carbocycles. The van der Waals surface area contributed by atoms with E-state index in [-0.39, 0.29) is 5.97 Å². The lowest BCUT2D eigenvalue weighted by Gasteiger charge is -2.19.